The highest BCUT2D eigenvalue weighted by atomic mass is 32.2. The summed E-state index contributed by atoms with van der Waals surface area (Å²) in [5, 5.41) is 9.94. The lowest BCUT2D eigenvalue weighted by Gasteiger charge is -2.18. The van der Waals surface area contributed by atoms with Gasteiger partial charge in [-0.15, -0.1) is 0 Å². The number of benzene rings is 1. The predicted molar refractivity (Wildman–Crippen MR) is 76.9 cm³/mol. The number of aromatic hydroxyl groups is 1. The fourth-order valence-electron chi connectivity index (χ4n) is 1.69. The molecule has 1 aromatic rings. The Morgan fingerprint density at radius 2 is 2.00 bits per heavy atom. The molecule has 2 nitrogen and oxygen atoms in total. The van der Waals surface area contributed by atoms with Gasteiger partial charge in [-0.3, -0.25) is 0 Å². The number of hydrogen-bond acceptors (Lipinski definition) is 2. The summed E-state index contributed by atoms with van der Waals surface area (Å²) in [6.45, 7) is 4.11. The highest BCUT2D eigenvalue weighted by Gasteiger charge is 2.13. The van der Waals surface area contributed by atoms with Crippen molar-refractivity contribution in [1.29, 1.82) is 0 Å². The summed E-state index contributed by atoms with van der Waals surface area (Å²) in [6, 6.07) is 3.74. The molecule has 0 fully saturated rings. The number of ether oxygens (including phenoxy) is 1. The maximum absolute atomic E-state index is 9.94. The van der Waals surface area contributed by atoms with E-state index in [4.69, 9.17) is 4.74 Å². The Hall–Kier alpha value is -1.09. The molecule has 0 amide bonds. The second kappa shape index (κ2) is 6.01. The maximum atomic E-state index is 9.94. The van der Waals surface area contributed by atoms with Crippen LogP contribution in [0.2, 0.25) is 0 Å². The molecule has 0 bridgehead atoms. The van der Waals surface area contributed by atoms with Crippen molar-refractivity contribution in [3.05, 3.63) is 29.3 Å². The molecule has 0 aliphatic carbocycles. The third kappa shape index (κ3) is 3.43. The van der Waals surface area contributed by atoms with Crippen molar-refractivity contribution < 1.29 is 9.84 Å². The summed E-state index contributed by atoms with van der Waals surface area (Å²) in [4.78, 5) is 1.21. The van der Waals surface area contributed by atoms with Gasteiger partial charge in [-0.2, -0.15) is 0 Å². The second-order valence-corrected chi connectivity index (χ2v) is 6.77. The minimum Gasteiger partial charge on any atom is -0.508 e. The van der Waals surface area contributed by atoms with Crippen LogP contribution in [-0.2, 0) is 6.42 Å². The van der Waals surface area contributed by atoms with Crippen molar-refractivity contribution in [1.82, 2.24) is 0 Å². The second-order valence-electron chi connectivity index (χ2n) is 4.50. The number of thiol groups is 1. The zero-order valence-corrected chi connectivity index (χ0v) is 12.1. The van der Waals surface area contributed by atoms with Crippen LogP contribution in [0.1, 0.15) is 19.4 Å². The van der Waals surface area contributed by atoms with Crippen LogP contribution in [0.15, 0.2) is 28.7 Å². The van der Waals surface area contributed by atoms with Crippen molar-refractivity contribution in [3.63, 3.8) is 0 Å². The molecule has 0 saturated carbocycles. The zero-order chi connectivity index (χ0) is 13.0. The van der Waals surface area contributed by atoms with Gasteiger partial charge < -0.3 is 9.84 Å². The topological polar surface area (TPSA) is 29.5 Å². The molecule has 0 unspecified atom stereocenters. The zero-order valence-electron chi connectivity index (χ0n) is 11.2. The van der Waals surface area contributed by atoms with Crippen LogP contribution >= 0.6 is 10.9 Å². The molecule has 1 aromatic carbocycles. The van der Waals surface area contributed by atoms with E-state index in [0.29, 0.717) is 12.2 Å². The lowest BCUT2D eigenvalue weighted by atomic mass is 10.1. The monoisotopic (exact) mass is 254 g/mol. The van der Waals surface area contributed by atoms with E-state index >= 15 is 0 Å². The van der Waals surface area contributed by atoms with E-state index in [2.05, 4.69) is 32.4 Å². The highest BCUT2D eigenvalue weighted by Crippen LogP contribution is 2.42. The molecule has 0 aliphatic rings. The molecule has 96 valence electrons. The van der Waals surface area contributed by atoms with E-state index in [9.17, 15) is 5.11 Å². The van der Waals surface area contributed by atoms with Crippen LogP contribution in [0.3, 0.4) is 0 Å². The Balaban J connectivity index is 3.25. The normalized spacial score (nSPS) is 11.0. The quantitative estimate of drug-likeness (QED) is 0.636. The fourth-order valence-corrected chi connectivity index (χ4v) is 2.69. The van der Waals surface area contributed by atoms with Crippen LogP contribution < -0.4 is 4.74 Å². The van der Waals surface area contributed by atoms with Crippen LogP contribution in [-0.4, -0.2) is 24.7 Å². The summed E-state index contributed by atoms with van der Waals surface area (Å²) in [5.74, 6) is 1.17. The van der Waals surface area contributed by atoms with E-state index < -0.39 is 0 Å². The first kappa shape index (κ1) is 14.0. The van der Waals surface area contributed by atoms with Crippen LogP contribution in [0, 0.1) is 0 Å². The van der Waals surface area contributed by atoms with E-state index in [0.717, 1.165) is 11.3 Å². The Labute approximate surface area is 107 Å². The molecule has 3 heteroatoms. The van der Waals surface area contributed by atoms with Gasteiger partial charge in [-0.25, -0.2) is 10.9 Å². The van der Waals surface area contributed by atoms with Crippen molar-refractivity contribution >= 4 is 10.9 Å². The SMILES string of the molecule is COc1c([SH](C)C)ccc(O)c1CC=C(C)C. The predicted octanol–water partition coefficient (Wildman–Crippen LogP) is 3.53. The number of phenolic OH excluding ortho intramolecular Hbond substituents is 1. The lowest BCUT2D eigenvalue weighted by molar-refractivity contribution is 0.391. The average Bonchev–Trinajstić information content (AvgIpc) is 2.26. The van der Waals surface area contributed by atoms with E-state index in [1.54, 1.807) is 13.2 Å². The van der Waals surface area contributed by atoms with Crippen LogP contribution in [0.4, 0.5) is 0 Å². The standard InChI is InChI=1S/C14H22O2S/c1-10(2)6-7-11-12(15)8-9-13(17(4)5)14(11)16-3/h6,8-9,15,17H,7H2,1-5H3. The Kier molecular flexibility index (Phi) is 4.94. The Bertz CT molecular complexity index is 418. The molecule has 0 spiro atoms. The first-order chi connectivity index (χ1) is 7.97. The first-order valence-electron chi connectivity index (χ1n) is 5.67. The smallest absolute Gasteiger partial charge is 0.137 e. The largest absolute Gasteiger partial charge is 0.508 e. The van der Waals surface area contributed by atoms with Gasteiger partial charge in [0.25, 0.3) is 0 Å². The van der Waals surface area contributed by atoms with E-state index in [1.807, 2.05) is 6.07 Å². The van der Waals surface area contributed by atoms with Crippen molar-refractivity contribution in [3.8, 4) is 11.5 Å². The van der Waals surface area contributed by atoms with Crippen molar-refractivity contribution in [2.45, 2.75) is 25.2 Å². The van der Waals surface area contributed by atoms with Crippen LogP contribution in [0.25, 0.3) is 0 Å². The number of phenols is 1. The molecule has 1 rings (SSSR count). The summed E-state index contributed by atoms with van der Waals surface area (Å²) >= 11 is 0. The van der Waals surface area contributed by atoms with Gasteiger partial charge in [0, 0.05) is 10.5 Å². The third-order valence-electron chi connectivity index (χ3n) is 2.62. The molecule has 17 heavy (non-hydrogen) atoms. The molecular formula is C14H22O2S. The molecule has 0 atom stereocenters. The molecule has 0 saturated heterocycles. The minimum absolute atomic E-state index is 0.234. The molecule has 1 N–H and O–H groups in total. The fraction of sp³-hybridized carbons (Fsp3) is 0.429. The van der Waals surface area contributed by atoms with Gasteiger partial charge in [-0.1, -0.05) is 11.6 Å². The first-order valence-corrected chi connectivity index (χ1v) is 7.90. The maximum Gasteiger partial charge on any atom is 0.137 e. The number of rotatable bonds is 4. The van der Waals surface area contributed by atoms with Gasteiger partial charge in [0.15, 0.2) is 0 Å². The highest BCUT2D eigenvalue weighted by molar-refractivity contribution is 8.16. The summed E-state index contributed by atoms with van der Waals surface area (Å²) < 4.78 is 5.48. The Morgan fingerprint density at radius 1 is 1.35 bits per heavy atom. The van der Waals surface area contributed by atoms with Crippen molar-refractivity contribution in [2.75, 3.05) is 19.6 Å². The Morgan fingerprint density at radius 3 is 2.47 bits per heavy atom. The van der Waals surface area contributed by atoms with E-state index in [-0.39, 0.29) is 10.9 Å². The van der Waals surface area contributed by atoms with Gasteiger partial charge >= 0.3 is 0 Å². The van der Waals surface area contributed by atoms with Gasteiger partial charge in [-0.05, 0) is 44.9 Å². The number of allylic oxidation sites excluding steroid dienone is 2. The molecule has 0 aromatic heterocycles. The molecular weight excluding hydrogens is 232 g/mol. The number of methoxy groups -OCH3 is 1. The molecule has 0 heterocycles. The number of hydrogen-bond donors (Lipinski definition) is 2. The minimum atomic E-state index is -0.234. The molecule has 0 aliphatic heterocycles. The summed E-state index contributed by atoms with van der Waals surface area (Å²) in [7, 11) is 1.44. The third-order valence-corrected chi connectivity index (χ3v) is 3.93. The van der Waals surface area contributed by atoms with Gasteiger partial charge in [0.1, 0.15) is 11.5 Å². The van der Waals surface area contributed by atoms with E-state index in [1.165, 1.54) is 10.5 Å². The van der Waals surface area contributed by atoms with Gasteiger partial charge in [0.2, 0.25) is 0 Å². The summed E-state index contributed by atoms with van der Waals surface area (Å²) in [6.07, 6.45) is 7.20. The van der Waals surface area contributed by atoms with Crippen LogP contribution in [0.5, 0.6) is 11.5 Å². The average molecular weight is 254 g/mol. The summed E-state index contributed by atoms with van der Waals surface area (Å²) in [5.41, 5.74) is 2.13. The van der Waals surface area contributed by atoms with Crippen molar-refractivity contribution in [2.24, 2.45) is 0 Å². The van der Waals surface area contributed by atoms with Gasteiger partial charge in [0.05, 0.1) is 7.11 Å². The molecule has 0 radical (unpaired) electrons. The lowest BCUT2D eigenvalue weighted by Crippen LogP contribution is -1.96.